The van der Waals surface area contributed by atoms with Gasteiger partial charge in [-0.3, -0.25) is 4.79 Å². The van der Waals surface area contributed by atoms with E-state index in [4.69, 9.17) is 15.6 Å². The van der Waals surface area contributed by atoms with E-state index >= 15 is 0 Å². The van der Waals surface area contributed by atoms with E-state index in [0.29, 0.717) is 5.82 Å². The van der Waals surface area contributed by atoms with E-state index in [1.54, 1.807) is 6.92 Å². The second-order valence-corrected chi connectivity index (χ2v) is 8.54. The van der Waals surface area contributed by atoms with Crippen LogP contribution in [0.4, 0.5) is 5.82 Å². The molecular weight excluding hydrogens is 440 g/mol. The van der Waals surface area contributed by atoms with Gasteiger partial charge in [-0.1, -0.05) is 24.1 Å². The van der Waals surface area contributed by atoms with Crippen LogP contribution < -0.4 is 15.8 Å². The number of amides is 1. The predicted molar refractivity (Wildman–Crippen MR) is 135 cm³/mol. The van der Waals surface area contributed by atoms with Crippen LogP contribution in [0, 0.1) is 11.8 Å². The van der Waals surface area contributed by atoms with Crippen molar-refractivity contribution in [1.82, 2.24) is 25.1 Å². The summed E-state index contributed by atoms with van der Waals surface area (Å²) in [5.74, 6) is 6.89. The molecular formula is C27H26N6O2. The molecule has 1 aliphatic rings. The SMILES string of the molecule is CC#CC(=O)NC1CCC(n2nc(-c3ccc(Oc4ccccc4)cc3)c3c(N)ncnc32)CC1. The third-order valence-corrected chi connectivity index (χ3v) is 6.24. The summed E-state index contributed by atoms with van der Waals surface area (Å²) in [6, 6.07) is 17.7. The van der Waals surface area contributed by atoms with Crippen molar-refractivity contribution in [2.45, 2.75) is 44.7 Å². The maximum atomic E-state index is 11.8. The number of para-hydroxylation sites is 1. The molecule has 8 heteroatoms. The Morgan fingerprint density at radius 1 is 1.03 bits per heavy atom. The number of fused-ring (bicyclic) bond motifs is 1. The minimum absolute atomic E-state index is 0.123. The third kappa shape index (κ3) is 4.80. The molecule has 1 amide bonds. The first-order valence-corrected chi connectivity index (χ1v) is 11.7. The van der Waals surface area contributed by atoms with Gasteiger partial charge in [0.05, 0.1) is 11.4 Å². The van der Waals surface area contributed by atoms with Gasteiger partial charge in [0.2, 0.25) is 0 Å². The van der Waals surface area contributed by atoms with Crippen LogP contribution in [0.25, 0.3) is 22.3 Å². The van der Waals surface area contributed by atoms with Gasteiger partial charge >= 0.3 is 0 Å². The number of anilines is 1. The fraction of sp³-hybridized carbons (Fsp3) is 0.259. The minimum Gasteiger partial charge on any atom is -0.457 e. The predicted octanol–water partition coefficient (Wildman–Crippen LogP) is 4.49. The lowest BCUT2D eigenvalue weighted by Crippen LogP contribution is -2.37. The summed E-state index contributed by atoms with van der Waals surface area (Å²) in [7, 11) is 0. The van der Waals surface area contributed by atoms with E-state index < -0.39 is 0 Å². The number of hydrogen-bond acceptors (Lipinski definition) is 6. The molecule has 1 saturated carbocycles. The van der Waals surface area contributed by atoms with Crippen molar-refractivity contribution >= 4 is 22.8 Å². The molecule has 0 saturated heterocycles. The van der Waals surface area contributed by atoms with Gasteiger partial charge in [-0.05, 0) is 74.9 Å². The van der Waals surface area contributed by atoms with E-state index in [-0.39, 0.29) is 18.0 Å². The van der Waals surface area contributed by atoms with Crippen LogP contribution in [-0.4, -0.2) is 31.7 Å². The van der Waals surface area contributed by atoms with Crippen LogP contribution in [0.2, 0.25) is 0 Å². The Balaban J connectivity index is 1.40. The van der Waals surface area contributed by atoms with Crippen molar-refractivity contribution in [3.8, 4) is 34.6 Å². The highest BCUT2D eigenvalue weighted by Crippen LogP contribution is 2.36. The number of hydrogen-bond donors (Lipinski definition) is 2. The van der Waals surface area contributed by atoms with Crippen molar-refractivity contribution < 1.29 is 9.53 Å². The van der Waals surface area contributed by atoms with Gasteiger partial charge in [0, 0.05) is 11.6 Å². The number of aromatic nitrogens is 4. The molecule has 0 spiro atoms. The van der Waals surface area contributed by atoms with Gasteiger partial charge in [-0.25, -0.2) is 14.6 Å². The summed E-state index contributed by atoms with van der Waals surface area (Å²) in [5.41, 5.74) is 8.67. The highest BCUT2D eigenvalue weighted by molar-refractivity contribution is 5.98. The molecule has 1 fully saturated rings. The number of nitrogens with zero attached hydrogens (tertiary/aromatic N) is 4. The van der Waals surface area contributed by atoms with Crippen LogP contribution in [0.15, 0.2) is 60.9 Å². The molecule has 35 heavy (non-hydrogen) atoms. The summed E-state index contributed by atoms with van der Waals surface area (Å²) in [5, 5.41) is 8.70. The molecule has 2 aromatic carbocycles. The maximum absolute atomic E-state index is 11.8. The molecule has 3 N–H and O–H groups in total. The Labute approximate surface area is 203 Å². The Hall–Kier alpha value is -4.38. The number of nitrogens with one attached hydrogen (secondary N) is 1. The van der Waals surface area contributed by atoms with Crippen molar-refractivity contribution in [2.24, 2.45) is 0 Å². The van der Waals surface area contributed by atoms with Gasteiger partial charge < -0.3 is 15.8 Å². The van der Waals surface area contributed by atoms with Crippen molar-refractivity contribution in [2.75, 3.05) is 5.73 Å². The van der Waals surface area contributed by atoms with Crippen molar-refractivity contribution in [3.63, 3.8) is 0 Å². The molecule has 5 rings (SSSR count). The molecule has 0 atom stereocenters. The first kappa shape index (κ1) is 22.4. The molecule has 0 aliphatic heterocycles. The summed E-state index contributed by atoms with van der Waals surface area (Å²) >= 11 is 0. The van der Waals surface area contributed by atoms with E-state index in [1.165, 1.54) is 6.33 Å². The molecule has 4 aromatic rings. The number of ether oxygens (including phenoxy) is 1. The van der Waals surface area contributed by atoms with Crippen LogP contribution in [0.1, 0.15) is 38.6 Å². The van der Waals surface area contributed by atoms with Crippen molar-refractivity contribution in [3.05, 3.63) is 60.9 Å². The lowest BCUT2D eigenvalue weighted by Gasteiger charge is -2.28. The first-order valence-electron chi connectivity index (χ1n) is 11.7. The Kier molecular flexibility index (Phi) is 6.31. The topological polar surface area (TPSA) is 108 Å². The summed E-state index contributed by atoms with van der Waals surface area (Å²) in [6.07, 6.45) is 4.92. The van der Waals surface area contributed by atoms with Crippen LogP contribution >= 0.6 is 0 Å². The number of nitrogen functional groups attached to an aromatic ring is 1. The average molecular weight is 467 g/mol. The smallest absolute Gasteiger partial charge is 0.296 e. The molecule has 176 valence electrons. The molecule has 0 radical (unpaired) electrons. The highest BCUT2D eigenvalue weighted by Gasteiger charge is 2.27. The summed E-state index contributed by atoms with van der Waals surface area (Å²) in [4.78, 5) is 20.6. The largest absolute Gasteiger partial charge is 0.457 e. The number of nitrogens with two attached hydrogens (primary N) is 1. The van der Waals surface area contributed by atoms with E-state index in [1.807, 2.05) is 59.3 Å². The third-order valence-electron chi connectivity index (χ3n) is 6.24. The monoisotopic (exact) mass is 466 g/mol. The van der Waals surface area contributed by atoms with Gasteiger partial charge in [0.25, 0.3) is 5.91 Å². The lowest BCUT2D eigenvalue weighted by atomic mass is 9.91. The fourth-order valence-corrected chi connectivity index (χ4v) is 4.56. The number of benzene rings is 2. The molecule has 0 unspecified atom stereocenters. The molecule has 1 aliphatic carbocycles. The van der Waals surface area contributed by atoms with E-state index in [9.17, 15) is 4.79 Å². The van der Waals surface area contributed by atoms with E-state index in [2.05, 4.69) is 27.1 Å². The van der Waals surface area contributed by atoms with Gasteiger partial charge in [-0.15, -0.1) is 0 Å². The molecule has 2 heterocycles. The Bertz CT molecular complexity index is 1390. The standard InChI is InChI=1S/C27H26N6O2/c1-2-6-23(34)31-19-11-13-20(14-12-19)33-27-24(26(28)29-17-30-27)25(32-33)18-9-15-22(16-10-18)35-21-7-4-3-5-8-21/h3-5,7-10,15-17,19-20H,11-14H2,1H3,(H,31,34)(H2,28,29,30). The Morgan fingerprint density at radius 2 is 1.74 bits per heavy atom. The minimum atomic E-state index is -0.219. The molecule has 2 aromatic heterocycles. The van der Waals surface area contributed by atoms with Crippen LogP contribution in [0.3, 0.4) is 0 Å². The van der Waals surface area contributed by atoms with Crippen LogP contribution in [-0.2, 0) is 4.79 Å². The average Bonchev–Trinajstić information content (AvgIpc) is 3.27. The first-order chi connectivity index (χ1) is 17.1. The summed E-state index contributed by atoms with van der Waals surface area (Å²) in [6.45, 7) is 1.66. The highest BCUT2D eigenvalue weighted by atomic mass is 16.5. The van der Waals surface area contributed by atoms with Gasteiger partial charge in [0.15, 0.2) is 5.65 Å². The zero-order valence-corrected chi connectivity index (χ0v) is 19.4. The summed E-state index contributed by atoms with van der Waals surface area (Å²) < 4.78 is 7.89. The normalized spacial score (nSPS) is 17.4. The number of rotatable bonds is 5. The second kappa shape index (κ2) is 9.85. The van der Waals surface area contributed by atoms with Gasteiger partial charge in [-0.2, -0.15) is 5.10 Å². The second-order valence-electron chi connectivity index (χ2n) is 8.54. The fourth-order valence-electron chi connectivity index (χ4n) is 4.56. The van der Waals surface area contributed by atoms with Crippen LogP contribution in [0.5, 0.6) is 11.5 Å². The zero-order valence-electron chi connectivity index (χ0n) is 19.4. The molecule has 0 bridgehead atoms. The molecule has 8 nitrogen and oxygen atoms in total. The van der Waals surface area contributed by atoms with Gasteiger partial charge in [0.1, 0.15) is 29.3 Å². The van der Waals surface area contributed by atoms with Crippen molar-refractivity contribution in [1.29, 1.82) is 0 Å². The quantitative estimate of drug-likeness (QED) is 0.420. The number of carbonyl (C=O) groups is 1. The maximum Gasteiger partial charge on any atom is 0.296 e. The lowest BCUT2D eigenvalue weighted by molar-refractivity contribution is -0.116. The Morgan fingerprint density at radius 3 is 2.46 bits per heavy atom. The zero-order chi connectivity index (χ0) is 24.2. The van der Waals surface area contributed by atoms with E-state index in [0.717, 1.165) is 59.5 Å². The number of carbonyl (C=O) groups excluding carboxylic acids is 1.